The minimum atomic E-state index is -0.531. The van der Waals surface area contributed by atoms with Crippen molar-refractivity contribution in [1.29, 1.82) is 0 Å². The van der Waals surface area contributed by atoms with Gasteiger partial charge < -0.3 is 10.4 Å². The molecule has 0 saturated heterocycles. The fourth-order valence-corrected chi connectivity index (χ4v) is 1.89. The maximum atomic E-state index is 11.9. The van der Waals surface area contributed by atoms with Crippen molar-refractivity contribution in [3.05, 3.63) is 47.3 Å². The summed E-state index contributed by atoms with van der Waals surface area (Å²) in [7, 11) is 0. The van der Waals surface area contributed by atoms with Gasteiger partial charge in [0.05, 0.1) is 6.10 Å². The predicted molar refractivity (Wildman–Crippen MR) is 81.2 cm³/mol. The van der Waals surface area contributed by atoms with Crippen LogP contribution in [0.2, 0.25) is 0 Å². The molecule has 0 aliphatic heterocycles. The Balaban J connectivity index is 2.01. The summed E-state index contributed by atoms with van der Waals surface area (Å²) in [5.41, 5.74) is 3.00. The summed E-state index contributed by atoms with van der Waals surface area (Å²) in [6.45, 7) is 5.37. The maximum absolute atomic E-state index is 11.9. The Labute approximate surface area is 123 Å². The lowest BCUT2D eigenvalue weighted by atomic mass is 10.1. The summed E-state index contributed by atoms with van der Waals surface area (Å²) in [5, 5.41) is 14.7. The van der Waals surface area contributed by atoms with Crippen molar-refractivity contribution in [3.8, 4) is 0 Å². The van der Waals surface area contributed by atoms with Crippen molar-refractivity contribution in [2.75, 3.05) is 10.6 Å². The van der Waals surface area contributed by atoms with E-state index in [2.05, 4.69) is 20.6 Å². The first-order chi connectivity index (χ1) is 9.94. The Kier molecular flexibility index (Phi) is 4.49. The van der Waals surface area contributed by atoms with Crippen LogP contribution in [0.15, 0.2) is 30.3 Å². The highest BCUT2D eigenvalue weighted by Crippen LogP contribution is 2.15. The topological polar surface area (TPSA) is 87.1 Å². The number of hydrogen-bond acceptors (Lipinski definition) is 4. The van der Waals surface area contributed by atoms with Crippen LogP contribution in [0.5, 0.6) is 0 Å². The van der Waals surface area contributed by atoms with Gasteiger partial charge >= 0.3 is 6.03 Å². The van der Waals surface area contributed by atoms with Crippen molar-refractivity contribution < 1.29 is 9.90 Å². The number of aliphatic hydroxyl groups is 1. The van der Waals surface area contributed by atoms with Crippen molar-refractivity contribution in [2.45, 2.75) is 26.9 Å². The molecule has 2 aromatic rings. The lowest BCUT2D eigenvalue weighted by molar-refractivity contribution is 0.199. The van der Waals surface area contributed by atoms with Crippen LogP contribution in [0.4, 0.5) is 16.4 Å². The molecule has 6 nitrogen and oxygen atoms in total. The van der Waals surface area contributed by atoms with Gasteiger partial charge in [0.25, 0.3) is 0 Å². The third-order valence-electron chi connectivity index (χ3n) is 2.86. The third-order valence-corrected chi connectivity index (χ3v) is 2.86. The van der Waals surface area contributed by atoms with Crippen LogP contribution in [0.25, 0.3) is 0 Å². The van der Waals surface area contributed by atoms with E-state index in [1.54, 1.807) is 31.2 Å². The number of hydrogen-bond donors (Lipinski definition) is 3. The first kappa shape index (κ1) is 14.9. The Morgan fingerprint density at radius 3 is 2.19 bits per heavy atom. The van der Waals surface area contributed by atoms with E-state index in [1.807, 2.05) is 19.9 Å². The van der Waals surface area contributed by atoms with E-state index >= 15 is 0 Å². The minimum absolute atomic E-state index is 0.269. The van der Waals surface area contributed by atoms with Crippen LogP contribution in [-0.4, -0.2) is 21.1 Å². The lowest BCUT2D eigenvalue weighted by Crippen LogP contribution is -2.21. The zero-order chi connectivity index (χ0) is 15.4. The number of aliphatic hydroxyl groups excluding tert-OH is 1. The monoisotopic (exact) mass is 286 g/mol. The molecule has 6 heteroatoms. The highest BCUT2D eigenvalue weighted by Gasteiger charge is 2.06. The van der Waals surface area contributed by atoms with Crippen LogP contribution < -0.4 is 10.6 Å². The second kappa shape index (κ2) is 6.32. The summed E-state index contributed by atoms with van der Waals surface area (Å²) in [5.74, 6) is 0.269. The van der Waals surface area contributed by atoms with Gasteiger partial charge in [-0.15, -0.1) is 0 Å². The Bertz CT molecular complexity index is 618. The first-order valence-corrected chi connectivity index (χ1v) is 6.62. The molecule has 1 heterocycles. The molecule has 0 fully saturated rings. The molecule has 1 unspecified atom stereocenters. The number of anilines is 2. The molecule has 0 saturated carbocycles. The van der Waals surface area contributed by atoms with E-state index in [9.17, 15) is 9.90 Å². The smallest absolute Gasteiger partial charge is 0.326 e. The molecule has 0 spiro atoms. The average Bonchev–Trinajstić information content (AvgIpc) is 2.37. The molecule has 0 aliphatic rings. The molecule has 3 N–H and O–H groups in total. The number of carbonyl (C=O) groups excluding carboxylic acids is 1. The average molecular weight is 286 g/mol. The highest BCUT2D eigenvalue weighted by molar-refractivity contribution is 5.98. The van der Waals surface area contributed by atoms with E-state index in [-0.39, 0.29) is 5.95 Å². The summed E-state index contributed by atoms with van der Waals surface area (Å²) in [6, 6.07) is 8.39. The van der Waals surface area contributed by atoms with Crippen LogP contribution in [0.1, 0.15) is 30.0 Å². The molecule has 0 bridgehead atoms. The molecular weight excluding hydrogens is 268 g/mol. The predicted octanol–water partition coefficient (Wildman–Crippen LogP) is 2.79. The van der Waals surface area contributed by atoms with Gasteiger partial charge in [0, 0.05) is 17.1 Å². The van der Waals surface area contributed by atoms with Gasteiger partial charge in [-0.2, -0.15) is 0 Å². The van der Waals surface area contributed by atoms with Crippen molar-refractivity contribution >= 4 is 17.7 Å². The second-order valence-corrected chi connectivity index (χ2v) is 4.85. The Morgan fingerprint density at radius 2 is 1.67 bits per heavy atom. The molecular formula is C15H18N4O2. The van der Waals surface area contributed by atoms with Crippen LogP contribution in [0, 0.1) is 13.8 Å². The number of nitrogens with one attached hydrogen (secondary N) is 2. The van der Waals surface area contributed by atoms with Gasteiger partial charge in [-0.25, -0.2) is 14.8 Å². The quantitative estimate of drug-likeness (QED) is 0.809. The van der Waals surface area contributed by atoms with E-state index in [0.717, 1.165) is 17.0 Å². The number of rotatable bonds is 3. The maximum Gasteiger partial charge on any atom is 0.326 e. The summed E-state index contributed by atoms with van der Waals surface area (Å²) in [6.07, 6.45) is -0.531. The number of carbonyl (C=O) groups is 1. The Morgan fingerprint density at radius 1 is 1.10 bits per heavy atom. The van der Waals surface area contributed by atoms with E-state index in [0.29, 0.717) is 5.69 Å². The molecule has 0 radical (unpaired) electrons. The van der Waals surface area contributed by atoms with E-state index in [4.69, 9.17) is 0 Å². The number of urea groups is 1. The number of amides is 2. The molecule has 110 valence electrons. The number of aromatic nitrogens is 2. The summed E-state index contributed by atoms with van der Waals surface area (Å²) < 4.78 is 0. The van der Waals surface area contributed by atoms with E-state index < -0.39 is 12.1 Å². The van der Waals surface area contributed by atoms with Crippen molar-refractivity contribution in [3.63, 3.8) is 0 Å². The molecule has 1 atom stereocenters. The number of benzene rings is 1. The fraction of sp³-hybridized carbons (Fsp3) is 0.267. The van der Waals surface area contributed by atoms with Crippen LogP contribution in [-0.2, 0) is 0 Å². The highest BCUT2D eigenvalue weighted by atomic mass is 16.3. The van der Waals surface area contributed by atoms with E-state index in [1.165, 1.54) is 0 Å². The van der Waals surface area contributed by atoms with Crippen molar-refractivity contribution in [2.24, 2.45) is 0 Å². The minimum Gasteiger partial charge on any atom is -0.389 e. The molecule has 2 amide bonds. The normalized spacial score (nSPS) is 11.8. The molecule has 21 heavy (non-hydrogen) atoms. The lowest BCUT2D eigenvalue weighted by Gasteiger charge is -2.09. The van der Waals surface area contributed by atoms with Gasteiger partial charge in [0.2, 0.25) is 5.95 Å². The standard InChI is InChI=1S/C15H18N4O2/c1-9-8-10(2)17-14(16-9)19-15(21)18-13-6-4-12(5-7-13)11(3)20/h4-8,11,20H,1-3H3,(H2,16,17,18,19,21). The van der Waals surface area contributed by atoms with Gasteiger partial charge in [-0.05, 0) is 44.5 Å². The molecule has 1 aromatic carbocycles. The van der Waals surface area contributed by atoms with Gasteiger partial charge in [-0.1, -0.05) is 12.1 Å². The number of nitrogens with zero attached hydrogens (tertiary/aromatic N) is 2. The molecule has 1 aromatic heterocycles. The summed E-state index contributed by atoms with van der Waals surface area (Å²) in [4.78, 5) is 20.1. The van der Waals surface area contributed by atoms with Gasteiger partial charge in [0.1, 0.15) is 0 Å². The zero-order valence-corrected chi connectivity index (χ0v) is 12.2. The first-order valence-electron chi connectivity index (χ1n) is 6.62. The molecule has 2 rings (SSSR count). The van der Waals surface area contributed by atoms with Gasteiger partial charge in [-0.3, -0.25) is 5.32 Å². The second-order valence-electron chi connectivity index (χ2n) is 4.85. The third kappa shape index (κ3) is 4.25. The fourth-order valence-electron chi connectivity index (χ4n) is 1.89. The van der Waals surface area contributed by atoms with Crippen LogP contribution >= 0.6 is 0 Å². The van der Waals surface area contributed by atoms with Crippen molar-refractivity contribution in [1.82, 2.24) is 9.97 Å². The SMILES string of the molecule is Cc1cc(C)nc(NC(=O)Nc2ccc(C(C)O)cc2)n1. The zero-order valence-electron chi connectivity index (χ0n) is 12.2. The summed E-state index contributed by atoms with van der Waals surface area (Å²) >= 11 is 0. The Hall–Kier alpha value is -2.47. The van der Waals surface area contributed by atoms with Gasteiger partial charge in [0.15, 0.2) is 0 Å². The molecule has 0 aliphatic carbocycles. The van der Waals surface area contributed by atoms with Crippen LogP contribution in [0.3, 0.4) is 0 Å². The largest absolute Gasteiger partial charge is 0.389 e. The number of aryl methyl sites for hydroxylation is 2.